The van der Waals surface area contributed by atoms with Gasteiger partial charge in [0.2, 0.25) is 0 Å². The molecule has 142 valence electrons. The van der Waals surface area contributed by atoms with Gasteiger partial charge in [0.05, 0.1) is 4.90 Å². The highest BCUT2D eigenvalue weighted by molar-refractivity contribution is 7.92. The van der Waals surface area contributed by atoms with Gasteiger partial charge >= 0.3 is 0 Å². The smallest absolute Gasteiger partial charge is 0.261 e. The summed E-state index contributed by atoms with van der Waals surface area (Å²) in [7, 11) is -3.79. The zero-order chi connectivity index (χ0) is 18.6. The molecule has 6 nitrogen and oxygen atoms in total. The van der Waals surface area contributed by atoms with Crippen molar-refractivity contribution in [2.24, 2.45) is 5.73 Å². The van der Waals surface area contributed by atoms with Crippen LogP contribution in [0.15, 0.2) is 47.4 Å². The van der Waals surface area contributed by atoms with E-state index in [0.29, 0.717) is 23.4 Å². The minimum Gasteiger partial charge on any atom is -0.348 e. The highest BCUT2D eigenvalue weighted by atomic mass is 35.5. The molecular weight excluding hydrogens is 374 g/mol. The van der Waals surface area contributed by atoms with Crippen LogP contribution in [0.5, 0.6) is 0 Å². The number of hydrogen-bond acceptors (Lipinski definition) is 4. The van der Waals surface area contributed by atoms with E-state index in [9.17, 15) is 13.2 Å². The number of halogens is 1. The van der Waals surface area contributed by atoms with Crippen LogP contribution in [0.3, 0.4) is 0 Å². The molecule has 1 atom stereocenters. The van der Waals surface area contributed by atoms with Gasteiger partial charge in [0.15, 0.2) is 0 Å². The Labute approximate surface area is 160 Å². The lowest BCUT2D eigenvalue weighted by molar-refractivity contribution is 0.0940. The quantitative estimate of drug-likeness (QED) is 0.697. The van der Waals surface area contributed by atoms with Gasteiger partial charge in [-0.05, 0) is 56.2 Å². The van der Waals surface area contributed by atoms with E-state index in [4.69, 9.17) is 5.73 Å². The molecule has 26 heavy (non-hydrogen) atoms. The molecule has 0 radical (unpaired) electrons. The summed E-state index contributed by atoms with van der Waals surface area (Å²) in [4.78, 5) is 12.4. The number of amides is 1. The molecule has 0 saturated carbocycles. The maximum atomic E-state index is 12.6. The summed E-state index contributed by atoms with van der Waals surface area (Å²) in [5, 5.41) is 2.74. The molecule has 0 heterocycles. The fourth-order valence-corrected chi connectivity index (χ4v) is 3.37. The van der Waals surface area contributed by atoms with Crippen molar-refractivity contribution in [1.29, 1.82) is 0 Å². The first-order chi connectivity index (χ1) is 11.7. The molecule has 0 unspecified atom stereocenters. The summed E-state index contributed by atoms with van der Waals surface area (Å²) in [5.74, 6) is -0.344. The lowest BCUT2D eigenvalue weighted by Gasteiger charge is -2.14. The molecule has 0 bridgehead atoms. The second-order valence-corrected chi connectivity index (χ2v) is 7.74. The monoisotopic (exact) mass is 397 g/mol. The predicted octanol–water partition coefficient (Wildman–Crippen LogP) is 2.60. The molecule has 4 N–H and O–H groups in total. The highest BCUT2D eigenvalue weighted by Crippen LogP contribution is 2.20. The van der Waals surface area contributed by atoms with Crippen molar-refractivity contribution in [2.75, 3.05) is 11.3 Å². The van der Waals surface area contributed by atoms with Gasteiger partial charge in [-0.1, -0.05) is 18.2 Å². The fraction of sp³-hybridized carbons (Fsp3) is 0.278. The molecule has 2 aromatic rings. The van der Waals surface area contributed by atoms with Gasteiger partial charge in [-0.2, -0.15) is 0 Å². The van der Waals surface area contributed by atoms with Crippen molar-refractivity contribution in [2.45, 2.75) is 31.7 Å². The number of hydrogen-bond donors (Lipinski definition) is 3. The van der Waals surface area contributed by atoms with Crippen molar-refractivity contribution in [1.82, 2.24) is 5.32 Å². The Balaban J connectivity index is 0.00000338. The molecule has 2 rings (SSSR count). The van der Waals surface area contributed by atoms with E-state index in [2.05, 4.69) is 10.0 Å². The van der Waals surface area contributed by atoms with E-state index >= 15 is 0 Å². The maximum absolute atomic E-state index is 12.6. The Morgan fingerprint density at radius 1 is 1.15 bits per heavy atom. The number of carbonyl (C=O) groups excluding carboxylic acids is 1. The van der Waals surface area contributed by atoms with Crippen LogP contribution < -0.4 is 15.8 Å². The molecule has 0 spiro atoms. The average molecular weight is 398 g/mol. The van der Waals surface area contributed by atoms with Gasteiger partial charge in [-0.3, -0.25) is 9.52 Å². The first kappa shape index (κ1) is 22.0. The third-order valence-electron chi connectivity index (χ3n) is 3.77. The average Bonchev–Trinajstić information content (AvgIpc) is 2.54. The number of anilines is 1. The van der Waals surface area contributed by atoms with Crippen molar-refractivity contribution < 1.29 is 13.2 Å². The van der Waals surface area contributed by atoms with Crippen LogP contribution in [0.1, 0.15) is 28.4 Å². The summed E-state index contributed by atoms with van der Waals surface area (Å²) in [5.41, 5.74) is 7.94. The van der Waals surface area contributed by atoms with Crippen molar-refractivity contribution in [3.8, 4) is 0 Å². The zero-order valence-electron chi connectivity index (χ0n) is 14.9. The van der Waals surface area contributed by atoms with Crippen LogP contribution >= 0.6 is 12.4 Å². The molecule has 8 heteroatoms. The van der Waals surface area contributed by atoms with E-state index < -0.39 is 10.0 Å². The molecule has 2 aromatic carbocycles. The van der Waals surface area contributed by atoms with Gasteiger partial charge in [0, 0.05) is 23.8 Å². The molecule has 0 aliphatic heterocycles. The number of rotatable bonds is 6. The van der Waals surface area contributed by atoms with Gasteiger partial charge in [0.25, 0.3) is 15.9 Å². The normalized spacial score (nSPS) is 12.0. The SMILES string of the molecule is Cc1cccc(NS(=O)(=O)c2ccc(C)c(C(=O)N[C@@H](C)CN)c2)c1.Cl. The largest absolute Gasteiger partial charge is 0.348 e. The third-order valence-corrected chi connectivity index (χ3v) is 5.14. The summed E-state index contributed by atoms with van der Waals surface area (Å²) >= 11 is 0. The Bertz CT molecular complexity index is 885. The van der Waals surface area contributed by atoms with Crippen LogP contribution in [0.25, 0.3) is 0 Å². The van der Waals surface area contributed by atoms with Crippen LogP contribution in [-0.2, 0) is 10.0 Å². The number of carbonyl (C=O) groups is 1. The van der Waals surface area contributed by atoms with E-state index in [1.807, 2.05) is 13.0 Å². The Hall–Kier alpha value is -2.09. The van der Waals surface area contributed by atoms with Crippen LogP contribution in [0.4, 0.5) is 5.69 Å². The summed E-state index contributed by atoms with van der Waals surface area (Å²) in [6, 6.07) is 11.4. The fourth-order valence-electron chi connectivity index (χ4n) is 2.30. The first-order valence-electron chi connectivity index (χ1n) is 7.94. The number of aryl methyl sites for hydroxylation is 2. The van der Waals surface area contributed by atoms with Gasteiger partial charge in [-0.25, -0.2) is 8.42 Å². The summed E-state index contributed by atoms with van der Waals surface area (Å²) < 4.78 is 27.8. The van der Waals surface area contributed by atoms with Crippen molar-refractivity contribution in [3.63, 3.8) is 0 Å². The molecule has 0 aliphatic carbocycles. The minimum atomic E-state index is -3.79. The van der Waals surface area contributed by atoms with Gasteiger partial charge < -0.3 is 11.1 Å². The number of sulfonamides is 1. The lowest BCUT2D eigenvalue weighted by Crippen LogP contribution is -2.38. The molecule has 0 aromatic heterocycles. The third kappa shape index (κ3) is 5.45. The van der Waals surface area contributed by atoms with Crippen LogP contribution in [0.2, 0.25) is 0 Å². The molecule has 0 fully saturated rings. The number of nitrogens with two attached hydrogens (primary N) is 1. The standard InChI is InChI=1S/C18H23N3O3S.ClH/c1-12-5-4-6-15(9-12)21-25(23,24)16-8-7-13(2)17(10-16)18(22)20-14(3)11-19;/h4-10,14,21H,11,19H2,1-3H3,(H,20,22);1H/t14-;/m0./s1. The summed E-state index contributed by atoms with van der Waals surface area (Å²) in [6.07, 6.45) is 0. The Morgan fingerprint density at radius 2 is 1.85 bits per heavy atom. The molecule has 0 aliphatic rings. The zero-order valence-corrected chi connectivity index (χ0v) is 16.6. The Morgan fingerprint density at radius 3 is 2.46 bits per heavy atom. The topological polar surface area (TPSA) is 101 Å². The second-order valence-electron chi connectivity index (χ2n) is 6.06. The first-order valence-corrected chi connectivity index (χ1v) is 9.42. The predicted molar refractivity (Wildman–Crippen MR) is 106 cm³/mol. The molecule has 0 saturated heterocycles. The molecule has 1 amide bonds. The van der Waals surface area contributed by atoms with Crippen LogP contribution in [-0.4, -0.2) is 26.9 Å². The van der Waals surface area contributed by atoms with E-state index in [1.165, 1.54) is 12.1 Å². The lowest BCUT2D eigenvalue weighted by atomic mass is 10.1. The van der Waals surface area contributed by atoms with Gasteiger partial charge in [-0.15, -0.1) is 12.4 Å². The maximum Gasteiger partial charge on any atom is 0.261 e. The molecular formula is C18H24ClN3O3S. The van der Waals surface area contributed by atoms with E-state index in [0.717, 1.165) is 5.56 Å². The van der Waals surface area contributed by atoms with E-state index in [1.54, 1.807) is 38.1 Å². The number of benzene rings is 2. The minimum absolute atomic E-state index is 0. The van der Waals surface area contributed by atoms with Crippen molar-refractivity contribution >= 4 is 34.0 Å². The Kier molecular flexibility index (Phi) is 7.62. The van der Waals surface area contributed by atoms with Crippen molar-refractivity contribution in [3.05, 3.63) is 59.2 Å². The highest BCUT2D eigenvalue weighted by Gasteiger charge is 2.19. The van der Waals surface area contributed by atoms with E-state index in [-0.39, 0.29) is 29.3 Å². The number of nitrogens with one attached hydrogen (secondary N) is 2. The van der Waals surface area contributed by atoms with Crippen LogP contribution in [0, 0.1) is 13.8 Å². The second kappa shape index (κ2) is 9.02. The van der Waals surface area contributed by atoms with Gasteiger partial charge in [0.1, 0.15) is 0 Å². The summed E-state index contributed by atoms with van der Waals surface area (Å²) in [6.45, 7) is 5.72.